The van der Waals surface area contributed by atoms with E-state index in [1.165, 1.54) is 12.1 Å². The Labute approximate surface area is 158 Å². The molecule has 0 unspecified atom stereocenters. The maximum Gasteiger partial charge on any atom is 0.219 e. The second-order valence-electron chi connectivity index (χ2n) is 5.28. The quantitative estimate of drug-likeness (QED) is 0.420. The number of pyridine rings is 1. The van der Waals surface area contributed by atoms with Crippen molar-refractivity contribution < 1.29 is 9.13 Å². The van der Waals surface area contributed by atoms with Crippen LogP contribution in [0, 0.1) is 5.82 Å². The van der Waals surface area contributed by atoms with Gasteiger partial charge in [0.05, 0.1) is 0 Å². The standard InChI is InChI=1S/C17H21FN4O.HI/c1-12(2)22-17(19-3)21-11-13-8-9-20-16(10-13)23-15-6-4-14(18)5-7-15;/h4-10,12H,11H2,1-3H3,(H2,19,21,22);1H. The molecule has 2 rings (SSSR count). The summed E-state index contributed by atoms with van der Waals surface area (Å²) in [6, 6.07) is 9.86. The summed E-state index contributed by atoms with van der Waals surface area (Å²) in [6.07, 6.45) is 1.68. The Hall–Kier alpha value is -1.90. The van der Waals surface area contributed by atoms with Crippen molar-refractivity contribution in [3.63, 3.8) is 0 Å². The number of hydrogen-bond acceptors (Lipinski definition) is 3. The highest BCUT2D eigenvalue weighted by Gasteiger charge is 2.03. The van der Waals surface area contributed by atoms with E-state index in [4.69, 9.17) is 4.74 Å². The van der Waals surface area contributed by atoms with E-state index in [0.717, 1.165) is 11.5 Å². The zero-order valence-corrected chi connectivity index (χ0v) is 16.2. The van der Waals surface area contributed by atoms with Gasteiger partial charge in [0.15, 0.2) is 5.96 Å². The highest BCUT2D eigenvalue weighted by molar-refractivity contribution is 14.0. The Morgan fingerprint density at radius 1 is 1.25 bits per heavy atom. The molecule has 0 fully saturated rings. The summed E-state index contributed by atoms with van der Waals surface area (Å²) in [5.74, 6) is 1.44. The number of halogens is 2. The van der Waals surface area contributed by atoms with Gasteiger partial charge < -0.3 is 15.4 Å². The average molecular weight is 444 g/mol. The first-order chi connectivity index (χ1) is 11.1. The van der Waals surface area contributed by atoms with E-state index in [1.807, 2.05) is 26.0 Å². The van der Waals surface area contributed by atoms with Crippen LogP contribution in [0.25, 0.3) is 0 Å². The number of benzene rings is 1. The van der Waals surface area contributed by atoms with E-state index >= 15 is 0 Å². The van der Waals surface area contributed by atoms with Crippen LogP contribution in [0.1, 0.15) is 19.4 Å². The number of aliphatic imine (C=N–C) groups is 1. The summed E-state index contributed by atoms with van der Waals surface area (Å²) in [4.78, 5) is 8.32. The molecule has 1 heterocycles. The fourth-order valence-electron chi connectivity index (χ4n) is 1.89. The van der Waals surface area contributed by atoms with Gasteiger partial charge in [-0.2, -0.15) is 0 Å². The van der Waals surface area contributed by atoms with Gasteiger partial charge in [-0.15, -0.1) is 24.0 Å². The van der Waals surface area contributed by atoms with E-state index in [0.29, 0.717) is 24.2 Å². The molecule has 1 aromatic heterocycles. The zero-order chi connectivity index (χ0) is 16.7. The lowest BCUT2D eigenvalue weighted by Crippen LogP contribution is -2.40. The summed E-state index contributed by atoms with van der Waals surface area (Å²) in [5, 5.41) is 6.44. The minimum atomic E-state index is -0.299. The number of nitrogens with one attached hydrogen (secondary N) is 2. The predicted octanol–water partition coefficient (Wildman–Crippen LogP) is 3.70. The van der Waals surface area contributed by atoms with Crippen LogP contribution in [0.15, 0.2) is 47.6 Å². The first-order valence-electron chi connectivity index (χ1n) is 7.42. The van der Waals surface area contributed by atoms with Crippen molar-refractivity contribution in [1.82, 2.24) is 15.6 Å². The maximum absolute atomic E-state index is 12.9. The van der Waals surface area contributed by atoms with Crippen LogP contribution in [0.4, 0.5) is 4.39 Å². The van der Waals surface area contributed by atoms with Gasteiger partial charge in [0.2, 0.25) is 5.88 Å². The third-order valence-corrected chi connectivity index (χ3v) is 2.94. The van der Waals surface area contributed by atoms with Crippen LogP contribution in [-0.2, 0) is 6.54 Å². The monoisotopic (exact) mass is 444 g/mol. The average Bonchev–Trinajstić information content (AvgIpc) is 2.54. The molecule has 0 amide bonds. The van der Waals surface area contributed by atoms with Gasteiger partial charge in [-0.25, -0.2) is 9.37 Å². The molecule has 0 aliphatic carbocycles. The van der Waals surface area contributed by atoms with Crippen LogP contribution < -0.4 is 15.4 Å². The highest BCUT2D eigenvalue weighted by Crippen LogP contribution is 2.20. The van der Waals surface area contributed by atoms with Gasteiger partial charge in [-0.1, -0.05) is 0 Å². The molecule has 5 nitrogen and oxygen atoms in total. The second-order valence-corrected chi connectivity index (χ2v) is 5.28. The molecular formula is C17H22FIN4O. The molecule has 2 N–H and O–H groups in total. The lowest BCUT2D eigenvalue weighted by atomic mass is 10.2. The van der Waals surface area contributed by atoms with Crippen molar-refractivity contribution in [1.29, 1.82) is 0 Å². The summed E-state index contributed by atoms with van der Waals surface area (Å²) < 4.78 is 18.5. The van der Waals surface area contributed by atoms with Crippen molar-refractivity contribution in [3.05, 3.63) is 54.0 Å². The van der Waals surface area contributed by atoms with Crippen molar-refractivity contribution in [2.45, 2.75) is 26.4 Å². The van der Waals surface area contributed by atoms with Crippen LogP contribution >= 0.6 is 24.0 Å². The van der Waals surface area contributed by atoms with Crippen LogP contribution in [-0.4, -0.2) is 24.0 Å². The molecule has 7 heteroatoms. The van der Waals surface area contributed by atoms with Gasteiger partial charge in [0, 0.05) is 31.9 Å². The zero-order valence-electron chi connectivity index (χ0n) is 13.9. The summed E-state index contributed by atoms with van der Waals surface area (Å²) >= 11 is 0. The fraction of sp³-hybridized carbons (Fsp3) is 0.294. The lowest BCUT2D eigenvalue weighted by molar-refractivity contribution is 0.460. The van der Waals surface area contributed by atoms with Gasteiger partial charge in [-0.3, -0.25) is 4.99 Å². The highest BCUT2D eigenvalue weighted by atomic mass is 127. The first kappa shape index (κ1) is 20.1. The molecular weight excluding hydrogens is 422 g/mol. The normalized spacial score (nSPS) is 11.0. The molecule has 2 aromatic rings. The number of ether oxygens (including phenoxy) is 1. The second kappa shape index (κ2) is 10.1. The fourth-order valence-corrected chi connectivity index (χ4v) is 1.89. The Balaban J connectivity index is 0.00000288. The minimum Gasteiger partial charge on any atom is -0.439 e. The third kappa shape index (κ3) is 6.69. The number of aromatic nitrogens is 1. The van der Waals surface area contributed by atoms with Gasteiger partial charge in [0.1, 0.15) is 11.6 Å². The molecule has 0 radical (unpaired) electrons. The van der Waals surface area contributed by atoms with E-state index < -0.39 is 0 Å². The van der Waals surface area contributed by atoms with E-state index in [1.54, 1.807) is 25.4 Å². The molecule has 0 spiro atoms. The van der Waals surface area contributed by atoms with E-state index in [9.17, 15) is 4.39 Å². The van der Waals surface area contributed by atoms with Gasteiger partial charge >= 0.3 is 0 Å². The summed E-state index contributed by atoms with van der Waals surface area (Å²) in [5.41, 5.74) is 1.00. The Morgan fingerprint density at radius 2 is 1.96 bits per heavy atom. The molecule has 1 aromatic carbocycles. The van der Waals surface area contributed by atoms with Crippen LogP contribution in [0.5, 0.6) is 11.6 Å². The predicted molar refractivity (Wildman–Crippen MR) is 105 cm³/mol. The first-order valence-corrected chi connectivity index (χ1v) is 7.42. The van der Waals surface area contributed by atoms with Crippen LogP contribution in [0.2, 0.25) is 0 Å². The van der Waals surface area contributed by atoms with Gasteiger partial charge in [-0.05, 0) is 49.7 Å². The Bertz CT molecular complexity index is 662. The smallest absolute Gasteiger partial charge is 0.219 e. The van der Waals surface area contributed by atoms with Crippen molar-refractivity contribution in [2.24, 2.45) is 4.99 Å². The number of nitrogens with zero attached hydrogens (tertiary/aromatic N) is 2. The molecule has 0 bridgehead atoms. The molecule has 130 valence electrons. The summed E-state index contributed by atoms with van der Waals surface area (Å²) in [7, 11) is 1.73. The number of hydrogen-bond donors (Lipinski definition) is 2. The van der Waals surface area contributed by atoms with E-state index in [-0.39, 0.29) is 29.8 Å². The van der Waals surface area contributed by atoms with Crippen molar-refractivity contribution >= 4 is 29.9 Å². The van der Waals surface area contributed by atoms with Gasteiger partial charge in [0.25, 0.3) is 0 Å². The molecule has 0 atom stereocenters. The third-order valence-electron chi connectivity index (χ3n) is 2.94. The minimum absolute atomic E-state index is 0. The Morgan fingerprint density at radius 3 is 2.58 bits per heavy atom. The molecule has 24 heavy (non-hydrogen) atoms. The number of guanidine groups is 1. The molecule has 0 saturated heterocycles. The van der Waals surface area contributed by atoms with Crippen molar-refractivity contribution in [3.8, 4) is 11.6 Å². The SMILES string of the molecule is CN=C(NCc1ccnc(Oc2ccc(F)cc2)c1)NC(C)C.I. The number of rotatable bonds is 5. The van der Waals surface area contributed by atoms with Crippen LogP contribution in [0.3, 0.4) is 0 Å². The van der Waals surface area contributed by atoms with E-state index in [2.05, 4.69) is 20.6 Å². The Kier molecular flexibility index (Phi) is 8.45. The summed E-state index contributed by atoms with van der Waals surface area (Å²) in [6.45, 7) is 4.69. The molecule has 0 aliphatic heterocycles. The lowest BCUT2D eigenvalue weighted by Gasteiger charge is -2.14. The molecule has 0 aliphatic rings. The largest absolute Gasteiger partial charge is 0.439 e. The molecule has 0 saturated carbocycles. The van der Waals surface area contributed by atoms with Crippen molar-refractivity contribution in [2.75, 3.05) is 7.05 Å². The maximum atomic E-state index is 12.9. The topological polar surface area (TPSA) is 58.5 Å².